The van der Waals surface area contributed by atoms with Gasteiger partial charge in [0.15, 0.2) is 0 Å². The fourth-order valence-corrected chi connectivity index (χ4v) is 3.95. The summed E-state index contributed by atoms with van der Waals surface area (Å²) in [4.78, 5) is 0. The summed E-state index contributed by atoms with van der Waals surface area (Å²) < 4.78 is 42.6. The van der Waals surface area contributed by atoms with Crippen LogP contribution in [0.15, 0.2) is 15.1 Å². The van der Waals surface area contributed by atoms with Crippen molar-refractivity contribution in [3.8, 4) is 0 Å². The Hall–Kier alpha value is -0.0500. The first-order valence-corrected chi connectivity index (χ1v) is 7.75. The first-order chi connectivity index (χ1) is 9.20. The van der Waals surface area contributed by atoms with Crippen LogP contribution in [0.4, 0.5) is 13.2 Å². The molecule has 8 heteroatoms. The smallest absolute Gasteiger partial charge is 0.396 e. The first-order valence-electron chi connectivity index (χ1n) is 6.16. The fourth-order valence-electron chi connectivity index (χ4n) is 2.97. The van der Waals surface area contributed by atoms with Gasteiger partial charge in [-0.25, -0.2) is 0 Å². The average Bonchev–Trinajstić information content (AvgIpc) is 2.76. The van der Waals surface area contributed by atoms with Crippen molar-refractivity contribution in [2.45, 2.75) is 37.6 Å². The standard InChI is InChI=1S/C12H14Br2F3NO2/c1-2-3-8-6(5-19)11(20,12(15,16)17)9-4-7(13)10(14)18(8)9/h4,6,8,19-20H,2-3,5H2,1H3/t6-,8-,11-/m1/s1. The predicted octanol–water partition coefficient (Wildman–Crippen LogP) is 3.73. The van der Waals surface area contributed by atoms with Crippen molar-refractivity contribution in [1.82, 2.24) is 4.57 Å². The second kappa shape index (κ2) is 5.30. The number of nitrogens with zero attached hydrogens (tertiary/aromatic N) is 1. The molecule has 3 atom stereocenters. The van der Waals surface area contributed by atoms with Gasteiger partial charge in [0.05, 0.1) is 21.4 Å². The van der Waals surface area contributed by atoms with E-state index in [1.54, 1.807) is 0 Å². The molecule has 0 bridgehead atoms. The minimum Gasteiger partial charge on any atom is -0.396 e. The number of alkyl halides is 3. The van der Waals surface area contributed by atoms with Crippen molar-refractivity contribution in [3.05, 3.63) is 20.8 Å². The number of aromatic nitrogens is 1. The van der Waals surface area contributed by atoms with E-state index in [2.05, 4.69) is 31.9 Å². The minimum atomic E-state index is -4.85. The van der Waals surface area contributed by atoms with Gasteiger partial charge in [0, 0.05) is 12.0 Å². The monoisotopic (exact) mass is 419 g/mol. The maximum atomic E-state index is 13.4. The van der Waals surface area contributed by atoms with Crippen LogP contribution in [0.2, 0.25) is 0 Å². The number of halogens is 5. The van der Waals surface area contributed by atoms with E-state index in [9.17, 15) is 23.4 Å². The minimum absolute atomic E-state index is 0.235. The van der Waals surface area contributed by atoms with Crippen LogP contribution in [0.1, 0.15) is 31.5 Å². The molecule has 1 aliphatic rings. The van der Waals surface area contributed by atoms with E-state index in [1.807, 2.05) is 6.92 Å². The van der Waals surface area contributed by atoms with Crippen LogP contribution in [0, 0.1) is 5.92 Å². The van der Waals surface area contributed by atoms with Gasteiger partial charge in [-0.05, 0) is 44.3 Å². The molecule has 1 aliphatic heterocycles. The third kappa shape index (κ3) is 2.07. The molecule has 0 saturated heterocycles. The van der Waals surface area contributed by atoms with Crippen LogP contribution in [0.5, 0.6) is 0 Å². The summed E-state index contributed by atoms with van der Waals surface area (Å²) in [5.74, 6) is -1.30. The van der Waals surface area contributed by atoms with Crippen LogP contribution >= 0.6 is 31.9 Å². The van der Waals surface area contributed by atoms with Gasteiger partial charge in [-0.2, -0.15) is 13.2 Å². The molecule has 2 N–H and O–H groups in total. The van der Waals surface area contributed by atoms with Gasteiger partial charge in [-0.1, -0.05) is 13.3 Å². The molecule has 1 aromatic rings. The maximum absolute atomic E-state index is 13.4. The zero-order chi connectivity index (χ0) is 15.3. The van der Waals surface area contributed by atoms with Gasteiger partial charge < -0.3 is 14.8 Å². The van der Waals surface area contributed by atoms with Gasteiger partial charge >= 0.3 is 6.18 Å². The maximum Gasteiger partial charge on any atom is 0.423 e. The molecule has 0 aromatic carbocycles. The highest BCUT2D eigenvalue weighted by molar-refractivity contribution is 9.13. The van der Waals surface area contributed by atoms with Crippen molar-refractivity contribution in [3.63, 3.8) is 0 Å². The second-order valence-electron chi connectivity index (χ2n) is 4.95. The van der Waals surface area contributed by atoms with E-state index in [-0.39, 0.29) is 5.69 Å². The highest BCUT2D eigenvalue weighted by Crippen LogP contribution is 2.57. The van der Waals surface area contributed by atoms with E-state index in [0.717, 1.165) is 0 Å². The largest absolute Gasteiger partial charge is 0.423 e. The van der Waals surface area contributed by atoms with Crippen molar-refractivity contribution < 1.29 is 23.4 Å². The molecule has 0 amide bonds. The second-order valence-corrected chi connectivity index (χ2v) is 6.55. The number of aliphatic hydroxyl groups excluding tert-OH is 1. The van der Waals surface area contributed by atoms with E-state index in [4.69, 9.17) is 0 Å². The number of rotatable bonds is 3. The van der Waals surface area contributed by atoms with Crippen LogP contribution < -0.4 is 0 Å². The molecule has 0 unspecified atom stereocenters. The molecule has 0 spiro atoms. The third-order valence-corrected chi connectivity index (χ3v) is 5.81. The Balaban J connectivity index is 2.68. The van der Waals surface area contributed by atoms with E-state index < -0.39 is 30.3 Å². The van der Waals surface area contributed by atoms with E-state index in [1.165, 1.54) is 10.6 Å². The highest BCUT2D eigenvalue weighted by atomic mass is 79.9. The topological polar surface area (TPSA) is 45.4 Å². The SMILES string of the molecule is CCC[C@@H]1[C@@H](CO)[C@](O)(C(F)(F)F)c2cc(Br)c(Br)n21. The van der Waals surface area contributed by atoms with E-state index in [0.29, 0.717) is 21.9 Å². The molecular weight excluding hydrogens is 407 g/mol. The third-order valence-electron chi connectivity index (χ3n) is 3.87. The Kier molecular flexibility index (Phi) is 4.32. The Labute approximate surface area is 131 Å². The summed E-state index contributed by atoms with van der Waals surface area (Å²) in [6.07, 6.45) is -3.76. The fraction of sp³-hybridized carbons (Fsp3) is 0.667. The predicted molar refractivity (Wildman–Crippen MR) is 74.3 cm³/mol. The summed E-state index contributed by atoms with van der Waals surface area (Å²) in [5, 5.41) is 19.7. The highest BCUT2D eigenvalue weighted by Gasteiger charge is 2.66. The van der Waals surface area contributed by atoms with Gasteiger partial charge in [0.25, 0.3) is 0 Å². The molecule has 1 aromatic heterocycles. The molecular formula is C12H14Br2F3NO2. The van der Waals surface area contributed by atoms with Crippen LogP contribution in [-0.2, 0) is 5.60 Å². The Morgan fingerprint density at radius 2 is 2.00 bits per heavy atom. The lowest BCUT2D eigenvalue weighted by Crippen LogP contribution is -2.48. The van der Waals surface area contributed by atoms with Crippen LogP contribution in [0.25, 0.3) is 0 Å². The molecule has 0 radical (unpaired) electrons. The lowest BCUT2D eigenvalue weighted by atomic mass is 9.82. The normalized spacial score (nSPS) is 29.8. The zero-order valence-corrected chi connectivity index (χ0v) is 13.8. The summed E-state index contributed by atoms with van der Waals surface area (Å²) >= 11 is 6.41. The van der Waals surface area contributed by atoms with Gasteiger partial charge in [0.1, 0.15) is 0 Å². The average molecular weight is 421 g/mol. The zero-order valence-electron chi connectivity index (χ0n) is 10.6. The van der Waals surface area contributed by atoms with Gasteiger partial charge in [-0.15, -0.1) is 0 Å². The molecule has 0 saturated carbocycles. The van der Waals surface area contributed by atoms with Crippen molar-refractivity contribution >= 4 is 31.9 Å². The number of hydrogen-bond donors (Lipinski definition) is 2. The van der Waals surface area contributed by atoms with Gasteiger partial charge in [-0.3, -0.25) is 0 Å². The quantitative estimate of drug-likeness (QED) is 0.782. The summed E-state index contributed by atoms with van der Waals surface area (Å²) in [5.41, 5.74) is -3.27. The molecule has 3 nitrogen and oxygen atoms in total. The molecule has 2 rings (SSSR count). The lowest BCUT2D eigenvalue weighted by Gasteiger charge is -2.32. The van der Waals surface area contributed by atoms with Crippen molar-refractivity contribution in [2.24, 2.45) is 5.92 Å². The lowest BCUT2D eigenvalue weighted by molar-refractivity contribution is -0.287. The summed E-state index contributed by atoms with van der Waals surface area (Å²) in [7, 11) is 0. The van der Waals surface area contributed by atoms with Crippen molar-refractivity contribution in [1.29, 1.82) is 0 Å². The Bertz CT molecular complexity index is 518. The van der Waals surface area contributed by atoms with Crippen LogP contribution in [0.3, 0.4) is 0 Å². The molecule has 2 heterocycles. The molecule has 0 aliphatic carbocycles. The number of aliphatic hydroxyl groups is 2. The molecule has 0 fully saturated rings. The summed E-state index contributed by atoms with van der Waals surface area (Å²) in [6.45, 7) is 1.12. The number of fused-ring (bicyclic) bond motifs is 1. The van der Waals surface area contributed by atoms with Crippen molar-refractivity contribution in [2.75, 3.05) is 6.61 Å². The van der Waals surface area contributed by atoms with E-state index >= 15 is 0 Å². The molecule has 20 heavy (non-hydrogen) atoms. The molecule has 114 valence electrons. The van der Waals surface area contributed by atoms with Crippen LogP contribution in [-0.4, -0.2) is 27.6 Å². The Morgan fingerprint density at radius 3 is 2.45 bits per heavy atom. The Morgan fingerprint density at radius 1 is 1.40 bits per heavy atom. The first kappa shape index (κ1) is 16.3. The van der Waals surface area contributed by atoms with Gasteiger partial charge in [0.2, 0.25) is 5.60 Å². The summed E-state index contributed by atoms with van der Waals surface area (Å²) in [6, 6.07) is 0.655. The number of hydrogen-bond acceptors (Lipinski definition) is 2.